The Morgan fingerprint density at radius 3 is 2.54 bits per heavy atom. The molecule has 0 spiro atoms. The predicted molar refractivity (Wildman–Crippen MR) is 90.3 cm³/mol. The molecule has 0 fully saturated rings. The van der Waals surface area contributed by atoms with E-state index >= 15 is 0 Å². The van der Waals surface area contributed by atoms with Gasteiger partial charge in [-0.15, -0.1) is 4.80 Å². The lowest BCUT2D eigenvalue weighted by molar-refractivity contribution is -0.385. The second-order valence-corrected chi connectivity index (χ2v) is 6.09. The summed E-state index contributed by atoms with van der Waals surface area (Å²) in [4.78, 5) is 23.9. The Morgan fingerprint density at radius 2 is 1.92 bits per heavy atom. The molecule has 0 saturated carbocycles. The van der Waals surface area contributed by atoms with Gasteiger partial charge < -0.3 is 0 Å². The van der Waals surface area contributed by atoms with Gasteiger partial charge in [0.1, 0.15) is 0 Å². The number of rotatable bonds is 4. The highest BCUT2D eigenvalue weighted by molar-refractivity contribution is 9.10. The number of hydrogen-bond acceptors (Lipinski definition) is 5. The van der Waals surface area contributed by atoms with Crippen LogP contribution in [0.3, 0.4) is 0 Å². The fraction of sp³-hybridized carbons (Fsp3) is 0.133. The molecule has 24 heavy (non-hydrogen) atoms. The van der Waals surface area contributed by atoms with E-state index < -0.39 is 10.6 Å². The summed E-state index contributed by atoms with van der Waals surface area (Å²) in [5, 5.41) is 18.3. The van der Waals surface area contributed by atoms with Gasteiger partial charge in [-0.05, 0) is 48.0 Å². The van der Waals surface area contributed by atoms with Gasteiger partial charge in [-0.2, -0.15) is 0 Å². The molecule has 0 bridgehead atoms. The third kappa shape index (κ3) is 3.11. The highest BCUT2D eigenvalue weighted by Gasteiger charge is 2.13. The van der Waals surface area contributed by atoms with E-state index in [0.29, 0.717) is 11.3 Å². The largest absolute Gasteiger partial charge is 0.384 e. The molecule has 2 aromatic carbocycles. The topological polar surface area (TPSA) is 95.8 Å². The summed E-state index contributed by atoms with van der Waals surface area (Å²) < 4.78 is 2.27. The van der Waals surface area contributed by atoms with Crippen LogP contribution in [0, 0.1) is 17.0 Å². The van der Waals surface area contributed by atoms with Crippen molar-refractivity contribution in [1.29, 1.82) is 0 Å². The first kappa shape index (κ1) is 16.1. The zero-order valence-electron chi connectivity index (χ0n) is 12.6. The molecule has 0 radical (unpaired) electrons. The average molecular weight is 390 g/mol. The first-order valence-corrected chi connectivity index (χ1v) is 7.77. The van der Waals surface area contributed by atoms with Gasteiger partial charge in [-0.25, -0.2) is 9.48 Å². The lowest BCUT2D eigenvalue weighted by Gasteiger charge is -2.09. The third-order valence-electron chi connectivity index (χ3n) is 3.51. The molecule has 1 aromatic heterocycles. The first-order chi connectivity index (χ1) is 11.5. The number of aryl methyl sites for hydroxylation is 1. The summed E-state index contributed by atoms with van der Waals surface area (Å²) in [5.41, 5.74) is 1.53. The van der Waals surface area contributed by atoms with Crippen LogP contribution >= 0.6 is 15.9 Å². The zero-order valence-corrected chi connectivity index (χ0v) is 14.2. The standard InChI is InChI=1S/C15H12BrN5O3/c1-10-8-11(2-7-14(10)21(23)24)9-19-15(22)17-18-20(19)13-5-3-12(16)4-6-13/h2-8H,9H2,1H3. The van der Waals surface area contributed by atoms with Crippen molar-refractivity contribution in [1.82, 2.24) is 19.8 Å². The Hall–Kier alpha value is -2.81. The molecule has 0 unspecified atom stereocenters. The van der Waals surface area contributed by atoms with Crippen molar-refractivity contribution in [2.45, 2.75) is 13.5 Å². The summed E-state index contributed by atoms with van der Waals surface area (Å²) in [6.45, 7) is 1.87. The van der Waals surface area contributed by atoms with Crippen molar-refractivity contribution in [3.8, 4) is 5.69 Å². The van der Waals surface area contributed by atoms with Crippen LogP contribution in [0.4, 0.5) is 5.69 Å². The monoisotopic (exact) mass is 389 g/mol. The molecule has 3 rings (SSSR count). The van der Waals surface area contributed by atoms with Crippen LogP contribution in [0.5, 0.6) is 0 Å². The smallest absolute Gasteiger partial charge is 0.258 e. The lowest BCUT2D eigenvalue weighted by atomic mass is 10.1. The zero-order chi connectivity index (χ0) is 17.3. The first-order valence-electron chi connectivity index (χ1n) is 6.98. The molecule has 1 heterocycles. The molecular weight excluding hydrogens is 378 g/mol. The fourth-order valence-corrected chi connectivity index (χ4v) is 2.62. The van der Waals surface area contributed by atoms with E-state index in [2.05, 4.69) is 26.2 Å². The Bertz CT molecular complexity index is 962. The number of benzene rings is 2. The van der Waals surface area contributed by atoms with Crippen LogP contribution in [0.15, 0.2) is 51.7 Å². The lowest BCUT2D eigenvalue weighted by Crippen LogP contribution is -2.24. The molecule has 0 aliphatic heterocycles. The van der Waals surface area contributed by atoms with Crippen molar-refractivity contribution in [2.75, 3.05) is 0 Å². The molecule has 0 atom stereocenters. The van der Waals surface area contributed by atoms with Gasteiger partial charge >= 0.3 is 5.69 Å². The van der Waals surface area contributed by atoms with E-state index in [1.165, 1.54) is 15.5 Å². The van der Waals surface area contributed by atoms with Crippen molar-refractivity contribution in [3.05, 3.63) is 78.7 Å². The molecule has 0 N–H and O–H groups in total. The highest BCUT2D eigenvalue weighted by atomic mass is 79.9. The number of hydrogen-bond donors (Lipinski definition) is 0. The van der Waals surface area contributed by atoms with Crippen LogP contribution < -0.4 is 5.69 Å². The molecule has 9 heteroatoms. The van der Waals surface area contributed by atoms with Gasteiger partial charge in [0, 0.05) is 16.1 Å². The van der Waals surface area contributed by atoms with Crippen molar-refractivity contribution >= 4 is 21.6 Å². The number of tetrazole rings is 1. The maximum Gasteiger partial charge on any atom is 0.384 e. The van der Waals surface area contributed by atoms with Crippen molar-refractivity contribution in [2.24, 2.45) is 0 Å². The van der Waals surface area contributed by atoms with Crippen LogP contribution in [-0.4, -0.2) is 24.7 Å². The Labute approximate surface area is 144 Å². The highest BCUT2D eigenvalue weighted by Crippen LogP contribution is 2.19. The van der Waals surface area contributed by atoms with Gasteiger partial charge in [0.15, 0.2) is 0 Å². The van der Waals surface area contributed by atoms with E-state index in [-0.39, 0.29) is 12.2 Å². The molecule has 122 valence electrons. The third-order valence-corrected chi connectivity index (χ3v) is 4.04. The van der Waals surface area contributed by atoms with Gasteiger partial charge in [0.25, 0.3) is 5.69 Å². The molecule has 3 aromatic rings. The van der Waals surface area contributed by atoms with E-state index in [4.69, 9.17) is 0 Å². The van der Waals surface area contributed by atoms with Crippen molar-refractivity contribution < 1.29 is 4.92 Å². The second-order valence-electron chi connectivity index (χ2n) is 5.17. The Kier molecular flexibility index (Phi) is 4.26. The molecule has 8 nitrogen and oxygen atoms in total. The normalized spacial score (nSPS) is 10.8. The number of nitro groups is 1. The summed E-state index contributed by atoms with van der Waals surface area (Å²) in [5.74, 6) is 0. The number of aromatic nitrogens is 4. The molecular formula is C15H12BrN5O3. The van der Waals surface area contributed by atoms with Crippen molar-refractivity contribution in [3.63, 3.8) is 0 Å². The maximum absolute atomic E-state index is 12.0. The minimum absolute atomic E-state index is 0.0469. The van der Waals surface area contributed by atoms with Crippen LogP contribution in [0.1, 0.15) is 11.1 Å². The predicted octanol–water partition coefficient (Wildman–Crippen LogP) is 2.46. The number of nitro benzene ring substituents is 1. The van der Waals surface area contributed by atoms with Crippen LogP contribution in [0.25, 0.3) is 5.69 Å². The van der Waals surface area contributed by atoms with Gasteiger partial charge in [-0.1, -0.05) is 27.1 Å². The molecule has 0 saturated heterocycles. The van der Waals surface area contributed by atoms with Gasteiger partial charge in [0.05, 0.1) is 17.2 Å². The summed E-state index contributed by atoms with van der Waals surface area (Å²) >= 11 is 3.35. The summed E-state index contributed by atoms with van der Waals surface area (Å²) in [6, 6.07) is 12.0. The van der Waals surface area contributed by atoms with E-state index in [0.717, 1.165) is 10.0 Å². The quantitative estimate of drug-likeness (QED) is 0.504. The SMILES string of the molecule is Cc1cc(Cn2c(=O)nnn2-c2ccc(Br)cc2)ccc1[N+](=O)[O-]. The Balaban J connectivity index is 1.98. The second kappa shape index (κ2) is 6.36. The summed E-state index contributed by atoms with van der Waals surface area (Å²) in [7, 11) is 0. The number of nitrogens with zero attached hydrogens (tertiary/aromatic N) is 5. The minimum atomic E-state index is -0.492. The molecule has 0 aliphatic carbocycles. The summed E-state index contributed by atoms with van der Waals surface area (Å²) in [6.07, 6.45) is 0. The maximum atomic E-state index is 12.0. The number of halogens is 1. The van der Waals surface area contributed by atoms with E-state index in [9.17, 15) is 14.9 Å². The van der Waals surface area contributed by atoms with Gasteiger partial charge in [-0.3, -0.25) is 10.1 Å². The van der Waals surface area contributed by atoms with Gasteiger partial charge in [0.2, 0.25) is 0 Å². The Morgan fingerprint density at radius 1 is 1.21 bits per heavy atom. The fourth-order valence-electron chi connectivity index (χ4n) is 2.36. The van der Waals surface area contributed by atoms with E-state index in [1.54, 1.807) is 31.2 Å². The average Bonchev–Trinajstić information content (AvgIpc) is 2.89. The van der Waals surface area contributed by atoms with Crippen LogP contribution in [0.2, 0.25) is 0 Å². The molecule has 0 aliphatic rings. The van der Waals surface area contributed by atoms with E-state index in [1.807, 2.05) is 12.1 Å². The van der Waals surface area contributed by atoms with Crippen LogP contribution in [-0.2, 0) is 6.54 Å². The molecule has 0 amide bonds. The minimum Gasteiger partial charge on any atom is -0.258 e.